The van der Waals surface area contributed by atoms with Crippen LogP contribution in [0.25, 0.3) is 0 Å². The Balaban J connectivity index is 2.81. The van der Waals surface area contributed by atoms with Crippen LogP contribution in [0.5, 0.6) is 0 Å². The molecule has 0 aromatic rings. The highest BCUT2D eigenvalue weighted by Crippen LogP contribution is 2.24. The van der Waals surface area contributed by atoms with E-state index in [1.807, 2.05) is 13.8 Å². The van der Waals surface area contributed by atoms with Crippen LogP contribution in [0, 0.1) is 0 Å². The Morgan fingerprint density at radius 2 is 2.00 bits per heavy atom. The van der Waals surface area contributed by atoms with Gasteiger partial charge in [-0.3, -0.25) is 0 Å². The third-order valence-electron chi connectivity index (χ3n) is 2.83. The molecule has 1 heterocycles. The molecule has 90 valence electrons. The van der Waals surface area contributed by atoms with E-state index >= 15 is 0 Å². The Bertz CT molecular complexity index is 324. The molecule has 1 rings (SSSR count). The van der Waals surface area contributed by atoms with Crippen LogP contribution < -0.4 is 0 Å². The molecule has 0 saturated carbocycles. The third-order valence-corrected chi connectivity index (χ3v) is 4.95. The van der Waals surface area contributed by atoms with Gasteiger partial charge in [0.05, 0.1) is 5.60 Å². The van der Waals surface area contributed by atoms with Crippen molar-refractivity contribution in [1.29, 1.82) is 0 Å². The zero-order valence-electron chi connectivity index (χ0n) is 9.77. The zero-order valence-corrected chi connectivity index (χ0v) is 10.6. The number of aliphatic hydroxyl groups is 1. The fourth-order valence-corrected chi connectivity index (χ4v) is 3.21. The molecule has 0 aromatic carbocycles. The van der Waals surface area contributed by atoms with Crippen LogP contribution in [-0.2, 0) is 10.2 Å². The fraction of sp³-hybridized carbons (Fsp3) is 1.00. The van der Waals surface area contributed by atoms with Crippen molar-refractivity contribution in [2.24, 2.45) is 0 Å². The number of β-amino-alcohol motifs (C(OH)–C–C–N with tert-alkyl or cyclic N) is 1. The molecule has 6 heteroatoms. The predicted molar refractivity (Wildman–Crippen MR) is 58.6 cm³/mol. The van der Waals surface area contributed by atoms with Crippen molar-refractivity contribution >= 4 is 10.2 Å². The highest BCUT2D eigenvalue weighted by Gasteiger charge is 2.39. The molecule has 1 saturated heterocycles. The molecule has 1 atom stereocenters. The molecule has 15 heavy (non-hydrogen) atoms. The Labute approximate surface area is 91.9 Å². The minimum Gasteiger partial charge on any atom is -0.389 e. The minimum atomic E-state index is -3.40. The van der Waals surface area contributed by atoms with E-state index in [1.54, 1.807) is 14.0 Å². The molecule has 1 unspecified atom stereocenters. The lowest BCUT2D eigenvalue weighted by Gasteiger charge is -2.27. The van der Waals surface area contributed by atoms with Crippen molar-refractivity contribution in [2.75, 3.05) is 20.1 Å². The van der Waals surface area contributed by atoms with Crippen LogP contribution in [0.2, 0.25) is 0 Å². The van der Waals surface area contributed by atoms with Crippen LogP contribution in [-0.4, -0.2) is 53.9 Å². The number of hydrogen-bond acceptors (Lipinski definition) is 3. The SMILES string of the molecule is CC(C)N(C)S(=O)(=O)N1CCC(C)(O)C1. The maximum absolute atomic E-state index is 12.0. The molecular weight excluding hydrogens is 216 g/mol. The van der Waals surface area contributed by atoms with Gasteiger partial charge in [-0.15, -0.1) is 0 Å². The molecule has 0 spiro atoms. The van der Waals surface area contributed by atoms with Crippen molar-refractivity contribution in [3.63, 3.8) is 0 Å². The van der Waals surface area contributed by atoms with Crippen molar-refractivity contribution < 1.29 is 13.5 Å². The van der Waals surface area contributed by atoms with E-state index in [1.165, 1.54) is 8.61 Å². The van der Waals surface area contributed by atoms with E-state index in [9.17, 15) is 13.5 Å². The van der Waals surface area contributed by atoms with E-state index in [0.29, 0.717) is 13.0 Å². The summed E-state index contributed by atoms with van der Waals surface area (Å²) in [5, 5.41) is 9.72. The molecule has 0 aliphatic carbocycles. The third kappa shape index (κ3) is 2.69. The van der Waals surface area contributed by atoms with Gasteiger partial charge in [-0.2, -0.15) is 17.0 Å². The predicted octanol–water partition coefficient (Wildman–Crippen LogP) is 0.0281. The van der Waals surface area contributed by atoms with E-state index in [4.69, 9.17) is 0 Å². The highest BCUT2D eigenvalue weighted by atomic mass is 32.2. The van der Waals surface area contributed by atoms with Crippen molar-refractivity contribution in [1.82, 2.24) is 8.61 Å². The summed E-state index contributed by atoms with van der Waals surface area (Å²) in [6.07, 6.45) is 0.498. The van der Waals surface area contributed by atoms with E-state index in [0.717, 1.165) is 0 Å². The normalized spacial score (nSPS) is 29.3. The Kier molecular flexibility index (Phi) is 3.45. The second-order valence-corrected chi connectivity index (χ2v) is 6.69. The maximum Gasteiger partial charge on any atom is 0.282 e. The topological polar surface area (TPSA) is 60.9 Å². The first-order chi connectivity index (χ1) is 6.67. The molecule has 5 nitrogen and oxygen atoms in total. The van der Waals surface area contributed by atoms with Gasteiger partial charge < -0.3 is 5.11 Å². The van der Waals surface area contributed by atoms with Gasteiger partial charge in [0.1, 0.15) is 0 Å². The summed E-state index contributed by atoms with van der Waals surface area (Å²) >= 11 is 0. The Hall–Kier alpha value is -0.170. The summed E-state index contributed by atoms with van der Waals surface area (Å²) < 4.78 is 26.7. The smallest absolute Gasteiger partial charge is 0.282 e. The summed E-state index contributed by atoms with van der Waals surface area (Å²) in [4.78, 5) is 0. The summed E-state index contributed by atoms with van der Waals surface area (Å²) in [6.45, 7) is 5.90. The van der Waals surface area contributed by atoms with Gasteiger partial charge in [-0.25, -0.2) is 0 Å². The second-order valence-electron chi connectivity index (χ2n) is 4.70. The van der Waals surface area contributed by atoms with Crippen LogP contribution in [0.3, 0.4) is 0 Å². The largest absolute Gasteiger partial charge is 0.389 e. The summed E-state index contributed by atoms with van der Waals surface area (Å²) in [7, 11) is -1.84. The van der Waals surface area contributed by atoms with Gasteiger partial charge in [0.2, 0.25) is 0 Å². The molecule has 0 bridgehead atoms. The fourth-order valence-electron chi connectivity index (χ4n) is 1.55. The van der Waals surface area contributed by atoms with Crippen LogP contribution in [0.1, 0.15) is 27.2 Å². The van der Waals surface area contributed by atoms with Crippen LogP contribution >= 0.6 is 0 Å². The lowest BCUT2D eigenvalue weighted by molar-refractivity contribution is 0.0757. The number of nitrogens with zero attached hydrogens (tertiary/aromatic N) is 2. The molecule has 1 aliphatic heterocycles. The Morgan fingerprint density at radius 3 is 2.33 bits per heavy atom. The van der Waals surface area contributed by atoms with E-state index < -0.39 is 15.8 Å². The monoisotopic (exact) mass is 236 g/mol. The zero-order chi connectivity index (χ0) is 11.9. The molecule has 1 fully saturated rings. The molecule has 1 aliphatic rings. The van der Waals surface area contributed by atoms with Gasteiger partial charge >= 0.3 is 0 Å². The lowest BCUT2D eigenvalue weighted by atomic mass is 10.1. The van der Waals surface area contributed by atoms with E-state index in [2.05, 4.69) is 0 Å². The van der Waals surface area contributed by atoms with Crippen molar-refractivity contribution in [3.05, 3.63) is 0 Å². The van der Waals surface area contributed by atoms with Gasteiger partial charge in [0, 0.05) is 26.2 Å². The molecule has 0 amide bonds. The van der Waals surface area contributed by atoms with Crippen LogP contribution in [0.4, 0.5) is 0 Å². The first kappa shape index (κ1) is 12.9. The van der Waals surface area contributed by atoms with E-state index in [-0.39, 0.29) is 12.6 Å². The summed E-state index contributed by atoms with van der Waals surface area (Å²) in [5.41, 5.74) is -0.884. The second kappa shape index (κ2) is 4.01. The maximum atomic E-state index is 12.0. The highest BCUT2D eigenvalue weighted by molar-refractivity contribution is 7.86. The minimum absolute atomic E-state index is 0.0689. The standard InChI is InChI=1S/C9H20N2O3S/c1-8(2)10(4)15(13,14)11-6-5-9(3,12)7-11/h8,12H,5-7H2,1-4H3. The molecule has 0 aromatic heterocycles. The van der Waals surface area contributed by atoms with Crippen LogP contribution in [0.15, 0.2) is 0 Å². The lowest BCUT2D eigenvalue weighted by Crippen LogP contribution is -2.45. The summed E-state index contributed by atoms with van der Waals surface area (Å²) in [6, 6.07) is -0.0689. The first-order valence-corrected chi connectivity index (χ1v) is 6.52. The van der Waals surface area contributed by atoms with Crippen molar-refractivity contribution in [3.8, 4) is 0 Å². The molecule has 0 radical (unpaired) electrons. The Morgan fingerprint density at radius 1 is 1.47 bits per heavy atom. The van der Waals surface area contributed by atoms with Crippen molar-refractivity contribution in [2.45, 2.75) is 38.8 Å². The van der Waals surface area contributed by atoms with Gasteiger partial charge in [0.15, 0.2) is 0 Å². The first-order valence-electron chi connectivity index (χ1n) is 5.12. The quantitative estimate of drug-likeness (QED) is 0.752. The molecular formula is C9H20N2O3S. The van der Waals surface area contributed by atoms with Gasteiger partial charge in [-0.05, 0) is 27.2 Å². The van der Waals surface area contributed by atoms with Gasteiger partial charge in [0.25, 0.3) is 10.2 Å². The van der Waals surface area contributed by atoms with Gasteiger partial charge in [-0.1, -0.05) is 0 Å². The average Bonchev–Trinajstić information content (AvgIpc) is 2.45. The summed E-state index contributed by atoms with van der Waals surface area (Å²) in [5.74, 6) is 0. The average molecular weight is 236 g/mol. The number of rotatable bonds is 3. The molecule has 1 N–H and O–H groups in total. The number of hydrogen-bond donors (Lipinski definition) is 1.